The first-order valence-electron chi connectivity index (χ1n) is 4.98. The smallest absolute Gasteiger partial charge is 0.296 e. The van der Waals surface area contributed by atoms with Crippen LogP contribution in [0.4, 0.5) is 5.69 Å². The lowest BCUT2D eigenvalue weighted by Crippen LogP contribution is -2.15. The number of nitro groups is 1. The van der Waals surface area contributed by atoms with Crippen LogP contribution in [0.5, 0.6) is 0 Å². The molecular formula is C11H11N3O3. The van der Waals surface area contributed by atoms with Crippen LogP contribution in [0.2, 0.25) is 0 Å². The second-order valence-corrected chi connectivity index (χ2v) is 3.95. The normalized spacial score (nSPS) is 10.7. The standard InChI is InChI=1S/C11H11N3O3/c1-6-3-9-10(14(16)17)7(2)8(11(12)15)5-13(9)4-6/h3-5H,1-2H3,(H2,12,15). The van der Waals surface area contributed by atoms with E-state index >= 15 is 0 Å². The fraction of sp³-hybridized carbons (Fsp3) is 0.182. The Kier molecular flexibility index (Phi) is 2.35. The van der Waals surface area contributed by atoms with Gasteiger partial charge in [0.2, 0.25) is 0 Å². The number of nitrogens with two attached hydrogens (primary N) is 1. The average Bonchev–Trinajstić information content (AvgIpc) is 2.55. The summed E-state index contributed by atoms with van der Waals surface area (Å²) in [6.45, 7) is 3.36. The highest BCUT2D eigenvalue weighted by Crippen LogP contribution is 2.28. The fourth-order valence-electron chi connectivity index (χ4n) is 1.95. The van der Waals surface area contributed by atoms with Crippen molar-refractivity contribution in [3.05, 3.63) is 45.3 Å². The summed E-state index contributed by atoms with van der Waals surface area (Å²) in [5, 5.41) is 11.1. The molecule has 6 heteroatoms. The third-order valence-corrected chi connectivity index (χ3v) is 2.70. The predicted molar refractivity (Wildman–Crippen MR) is 62.0 cm³/mol. The first-order valence-corrected chi connectivity index (χ1v) is 4.98. The van der Waals surface area contributed by atoms with Crippen molar-refractivity contribution >= 4 is 17.1 Å². The van der Waals surface area contributed by atoms with Crippen molar-refractivity contribution in [2.24, 2.45) is 5.73 Å². The number of pyridine rings is 1. The number of amides is 1. The number of rotatable bonds is 2. The van der Waals surface area contributed by atoms with Crippen molar-refractivity contribution < 1.29 is 9.72 Å². The van der Waals surface area contributed by atoms with Crippen molar-refractivity contribution in [2.75, 3.05) is 0 Å². The van der Waals surface area contributed by atoms with E-state index < -0.39 is 10.8 Å². The SMILES string of the molecule is Cc1cc2c([N+](=O)[O-])c(C)c(C(N)=O)cn2c1. The molecule has 88 valence electrons. The first-order chi connectivity index (χ1) is 7.91. The second-order valence-electron chi connectivity index (χ2n) is 3.95. The minimum Gasteiger partial charge on any atom is -0.366 e. The van der Waals surface area contributed by atoms with Crippen LogP contribution in [0.1, 0.15) is 21.5 Å². The van der Waals surface area contributed by atoms with Gasteiger partial charge in [-0.05, 0) is 25.5 Å². The third-order valence-electron chi connectivity index (χ3n) is 2.70. The summed E-state index contributed by atoms with van der Waals surface area (Å²) in [5.41, 5.74) is 6.95. The molecule has 0 aliphatic rings. The fourth-order valence-corrected chi connectivity index (χ4v) is 1.95. The molecule has 2 aromatic heterocycles. The zero-order valence-electron chi connectivity index (χ0n) is 9.43. The molecule has 0 saturated heterocycles. The Morgan fingerprint density at radius 3 is 2.59 bits per heavy atom. The van der Waals surface area contributed by atoms with E-state index in [0.29, 0.717) is 11.1 Å². The van der Waals surface area contributed by atoms with E-state index in [-0.39, 0.29) is 11.3 Å². The number of carbonyl (C=O) groups excluding carboxylic acids is 1. The molecule has 0 fully saturated rings. The molecule has 2 aromatic rings. The molecule has 0 unspecified atom stereocenters. The number of nitrogens with zero attached hydrogens (tertiary/aromatic N) is 2. The van der Waals surface area contributed by atoms with Gasteiger partial charge in [0.15, 0.2) is 0 Å². The van der Waals surface area contributed by atoms with Crippen molar-refractivity contribution in [2.45, 2.75) is 13.8 Å². The maximum atomic E-state index is 11.2. The van der Waals surface area contributed by atoms with Crippen LogP contribution in [0.3, 0.4) is 0 Å². The largest absolute Gasteiger partial charge is 0.366 e. The molecule has 0 aliphatic heterocycles. The lowest BCUT2D eigenvalue weighted by molar-refractivity contribution is -0.383. The summed E-state index contributed by atoms with van der Waals surface area (Å²) >= 11 is 0. The van der Waals surface area contributed by atoms with Gasteiger partial charge < -0.3 is 10.1 Å². The van der Waals surface area contributed by atoms with Crippen LogP contribution in [-0.2, 0) is 0 Å². The third kappa shape index (κ3) is 1.63. The monoisotopic (exact) mass is 233 g/mol. The topological polar surface area (TPSA) is 90.6 Å². The van der Waals surface area contributed by atoms with Gasteiger partial charge in [-0.25, -0.2) is 0 Å². The van der Waals surface area contributed by atoms with E-state index in [9.17, 15) is 14.9 Å². The van der Waals surface area contributed by atoms with Crippen LogP contribution in [0, 0.1) is 24.0 Å². The molecule has 0 aliphatic carbocycles. The number of carbonyl (C=O) groups is 1. The van der Waals surface area contributed by atoms with Gasteiger partial charge >= 0.3 is 0 Å². The Balaban J connectivity index is 2.94. The number of primary amides is 1. The van der Waals surface area contributed by atoms with E-state index in [1.165, 1.54) is 13.1 Å². The highest BCUT2D eigenvalue weighted by Gasteiger charge is 2.22. The molecule has 1 amide bonds. The summed E-state index contributed by atoms with van der Waals surface area (Å²) in [6.07, 6.45) is 3.24. The summed E-state index contributed by atoms with van der Waals surface area (Å²) in [4.78, 5) is 21.8. The van der Waals surface area contributed by atoms with Gasteiger partial charge in [-0.1, -0.05) is 0 Å². The number of hydrogen-bond acceptors (Lipinski definition) is 3. The highest BCUT2D eigenvalue weighted by atomic mass is 16.6. The zero-order chi connectivity index (χ0) is 12.7. The van der Waals surface area contributed by atoms with Gasteiger partial charge in [0.25, 0.3) is 11.6 Å². The lowest BCUT2D eigenvalue weighted by Gasteiger charge is -2.05. The number of aryl methyl sites for hydroxylation is 1. The molecular weight excluding hydrogens is 222 g/mol. The summed E-state index contributed by atoms with van der Waals surface area (Å²) in [6, 6.07) is 1.70. The maximum absolute atomic E-state index is 11.2. The maximum Gasteiger partial charge on any atom is 0.296 e. The zero-order valence-corrected chi connectivity index (χ0v) is 9.43. The van der Waals surface area contributed by atoms with Crippen molar-refractivity contribution in [1.29, 1.82) is 0 Å². The van der Waals surface area contributed by atoms with Crippen molar-refractivity contribution in [1.82, 2.24) is 4.40 Å². The molecule has 2 N–H and O–H groups in total. The van der Waals surface area contributed by atoms with Crippen molar-refractivity contribution in [3.63, 3.8) is 0 Å². The van der Waals surface area contributed by atoms with Gasteiger partial charge in [-0.3, -0.25) is 14.9 Å². The molecule has 2 heterocycles. The Labute approximate surface area is 96.8 Å². The summed E-state index contributed by atoms with van der Waals surface area (Å²) < 4.78 is 1.56. The Morgan fingerprint density at radius 1 is 1.41 bits per heavy atom. The van der Waals surface area contributed by atoms with Gasteiger partial charge in [0.05, 0.1) is 10.5 Å². The molecule has 0 radical (unpaired) electrons. The van der Waals surface area contributed by atoms with Crippen molar-refractivity contribution in [3.8, 4) is 0 Å². The molecule has 0 aromatic carbocycles. The van der Waals surface area contributed by atoms with Crippen LogP contribution in [0.15, 0.2) is 18.5 Å². The molecule has 0 atom stereocenters. The quantitative estimate of drug-likeness (QED) is 0.630. The molecule has 0 spiro atoms. The Bertz CT molecular complexity index is 643. The molecule has 17 heavy (non-hydrogen) atoms. The van der Waals surface area contributed by atoms with Crippen LogP contribution >= 0.6 is 0 Å². The van der Waals surface area contributed by atoms with Crippen LogP contribution in [-0.4, -0.2) is 15.2 Å². The number of aromatic nitrogens is 1. The Morgan fingerprint density at radius 2 is 2.06 bits per heavy atom. The summed E-state index contributed by atoms with van der Waals surface area (Å²) in [5.74, 6) is -0.668. The Hall–Kier alpha value is -2.37. The van der Waals surface area contributed by atoms with E-state index in [2.05, 4.69) is 0 Å². The van der Waals surface area contributed by atoms with Gasteiger partial charge in [0, 0.05) is 18.0 Å². The average molecular weight is 233 g/mol. The van der Waals surface area contributed by atoms with Gasteiger partial charge in [-0.2, -0.15) is 0 Å². The number of fused-ring (bicyclic) bond motifs is 1. The van der Waals surface area contributed by atoms with E-state index in [1.807, 2.05) is 6.92 Å². The number of hydrogen-bond donors (Lipinski definition) is 1. The van der Waals surface area contributed by atoms with Crippen LogP contribution in [0.25, 0.3) is 5.52 Å². The van der Waals surface area contributed by atoms with Crippen LogP contribution < -0.4 is 5.73 Å². The van der Waals surface area contributed by atoms with Gasteiger partial charge in [0.1, 0.15) is 5.52 Å². The first kappa shape index (κ1) is 11.1. The summed E-state index contributed by atoms with van der Waals surface area (Å²) in [7, 11) is 0. The molecule has 6 nitrogen and oxygen atoms in total. The van der Waals surface area contributed by atoms with E-state index in [0.717, 1.165) is 5.56 Å². The minimum atomic E-state index is -0.668. The predicted octanol–water partition coefficient (Wildman–Crippen LogP) is 1.56. The molecule has 0 bridgehead atoms. The highest BCUT2D eigenvalue weighted by molar-refractivity contribution is 5.96. The van der Waals surface area contributed by atoms with Gasteiger partial charge in [-0.15, -0.1) is 0 Å². The minimum absolute atomic E-state index is 0.0746. The second kappa shape index (κ2) is 3.58. The lowest BCUT2D eigenvalue weighted by atomic mass is 10.1. The molecule has 2 rings (SSSR count). The van der Waals surface area contributed by atoms with E-state index in [1.54, 1.807) is 16.7 Å². The van der Waals surface area contributed by atoms with E-state index in [4.69, 9.17) is 5.73 Å². The molecule has 0 saturated carbocycles.